The van der Waals surface area contributed by atoms with E-state index in [-0.39, 0.29) is 17.4 Å². The Labute approximate surface area is 186 Å². The molecular weight excluding hydrogens is 412 g/mol. The predicted molar refractivity (Wildman–Crippen MR) is 123 cm³/mol. The van der Waals surface area contributed by atoms with Crippen LogP contribution in [0.15, 0.2) is 53.7 Å². The summed E-state index contributed by atoms with van der Waals surface area (Å²) in [7, 11) is 1.64. The number of methoxy groups -OCH3 is 1. The molecule has 0 radical (unpaired) electrons. The molecule has 1 amide bonds. The van der Waals surface area contributed by atoms with Crippen molar-refractivity contribution in [1.29, 1.82) is 0 Å². The Balaban J connectivity index is 1.73. The molecule has 0 fully saturated rings. The molecule has 7 nitrogen and oxygen atoms in total. The Bertz CT molecular complexity index is 1030. The Morgan fingerprint density at radius 3 is 2.39 bits per heavy atom. The van der Waals surface area contributed by atoms with Crippen LogP contribution in [-0.4, -0.2) is 39.3 Å². The molecule has 2 aromatic carbocycles. The normalized spacial score (nSPS) is 10.7. The highest BCUT2D eigenvalue weighted by molar-refractivity contribution is 7.99. The lowest BCUT2D eigenvalue weighted by molar-refractivity contribution is -0.114. The van der Waals surface area contributed by atoms with Gasteiger partial charge in [-0.15, -0.1) is 10.2 Å². The van der Waals surface area contributed by atoms with E-state index in [9.17, 15) is 9.59 Å². The summed E-state index contributed by atoms with van der Waals surface area (Å²) in [6.07, 6.45) is 2.04. The maximum absolute atomic E-state index is 12.6. The van der Waals surface area contributed by atoms with E-state index in [2.05, 4.69) is 27.0 Å². The van der Waals surface area contributed by atoms with Gasteiger partial charge in [-0.25, -0.2) is 0 Å². The fraction of sp³-hybridized carbons (Fsp3) is 0.304. The first-order chi connectivity index (χ1) is 15.0. The van der Waals surface area contributed by atoms with Crippen LogP contribution in [0.25, 0.3) is 11.4 Å². The number of thioether (sulfide) groups is 1. The van der Waals surface area contributed by atoms with Crippen molar-refractivity contribution in [1.82, 2.24) is 14.8 Å². The molecule has 0 aliphatic rings. The number of Topliss-reactive ketones (excluding diaryl/α,β-unsaturated/α-hetero) is 1. The lowest BCUT2D eigenvalue weighted by Crippen LogP contribution is -2.08. The molecule has 0 spiro atoms. The number of hydrogen-bond acceptors (Lipinski definition) is 6. The molecule has 1 aromatic heterocycles. The topological polar surface area (TPSA) is 86.1 Å². The zero-order valence-electron chi connectivity index (χ0n) is 17.9. The van der Waals surface area contributed by atoms with Crippen molar-refractivity contribution in [2.75, 3.05) is 18.2 Å². The molecule has 0 bridgehead atoms. The number of aromatic nitrogens is 3. The van der Waals surface area contributed by atoms with Gasteiger partial charge in [-0.05, 0) is 55.0 Å². The number of rotatable bonds is 10. The summed E-state index contributed by atoms with van der Waals surface area (Å²) in [5.41, 5.74) is 2.22. The van der Waals surface area contributed by atoms with Crippen molar-refractivity contribution in [3.05, 3.63) is 54.1 Å². The second-order valence-electron chi connectivity index (χ2n) is 7.01. The number of carbonyl (C=O) groups excluding carboxylic acids is 2. The highest BCUT2D eigenvalue weighted by Gasteiger charge is 2.16. The molecule has 3 rings (SSSR count). The third-order valence-electron chi connectivity index (χ3n) is 4.66. The molecule has 3 aromatic rings. The number of unbranched alkanes of at least 4 members (excludes halogenated alkanes) is 1. The SMILES string of the molecule is CCCCn1c(SCC(=O)c2ccc(NC(C)=O)cc2)nnc1-c1ccc(OC)cc1. The molecule has 0 atom stereocenters. The smallest absolute Gasteiger partial charge is 0.221 e. The van der Waals surface area contributed by atoms with E-state index in [1.54, 1.807) is 31.4 Å². The van der Waals surface area contributed by atoms with Gasteiger partial charge < -0.3 is 14.6 Å². The quantitative estimate of drug-likeness (QED) is 0.365. The molecule has 1 heterocycles. The van der Waals surface area contributed by atoms with Crippen LogP contribution in [0, 0.1) is 0 Å². The summed E-state index contributed by atoms with van der Waals surface area (Å²) in [5.74, 6) is 1.68. The summed E-state index contributed by atoms with van der Waals surface area (Å²) < 4.78 is 7.31. The van der Waals surface area contributed by atoms with E-state index in [1.165, 1.54) is 18.7 Å². The molecular formula is C23H26N4O3S. The fourth-order valence-corrected chi connectivity index (χ4v) is 3.88. The highest BCUT2D eigenvalue weighted by atomic mass is 32.2. The number of ketones is 1. The molecule has 0 saturated carbocycles. The van der Waals surface area contributed by atoms with Gasteiger partial charge in [-0.3, -0.25) is 9.59 Å². The minimum Gasteiger partial charge on any atom is -0.497 e. The molecule has 0 saturated heterocycles. The van der Waals surface area contributed by atoms with Gasteiger partial charge >= 0.3 is 0 Å². The number of amides is 1. The van der Waals surface area contributed by atoms with Crippen LogP contribution in [0.2, 0.25) is 0 Å². The van der Waals surface area contributed by atoms with Gasteiger partial charge in [0.15, 0.2) is 16.8 Å². The van der Waals surface area contributed by atoms with Gasteiger partial charge in [0.2, 0.25) is 5.91 Å². The van der Waals surface area contributed by atoms with Gasteiger partial charge in [0.05, 0.1) is 12.9 Å². The Hall–Kier alpha value is -3.13. The van der Waals surface area contributed by atoms with Crippen molar-refractivity contribution < 1.29 is 14.3 Å². The molecule has 1 N–H and O–H groups in total. The molecule has 0 aliphatic carbocycles. The van der Waals surface area contributed by atoms with Crippen LogP contribution in [-0.2, 0) is 11.3 Å². The fourth-order valence-electron chi connectivity index (χ4n) is 3.02. The van der Waals surface area contributed by atoms with E-state index in [1.807, 2.05) is 24.3 Å². The lowest BCUT2D eigenvalue weighted by Gasteiger charge is -2.10. The third kappa shape index (κ3) is 5.95. The molecule has 0 aliphatic heterocycles. The van der Waals surface area contributed by atoms with Crippen molar-refractivity contribution in [3.63, 3.8) is 0 Å². The Morgan fingerprint density at radius 2 is 1.77 bits per heavy atom. The number of nitrogens with zero attached hydrogens (tertiary/aromatic N) is 3. The average Bonchev–Trinajstić information content (AvgIpc) is 3.18. The van der Waals surface area contributed by atoms with Crippen molar-refractivity contribution in [2.45, 2.75) is 38.4 Å². The van der Waals surface area contributed by atoms with Crippen molar-refractivity contribution in [3.8, 4) is 17.1 Å². The second-order valence-corrected chi connectivity index (χ2v) is 7.95. The van der Waals surface area contributed by atoms with Crippen LogP contribution in [0.3, 0.4) is 0 Å². The van der Waals surface area contributed by atoms with E-state index < -0.39 is 0 Å². The van der Waals surface area contributed by atoms with Gasteiger partial charge in [-0.1, -0.05) is 25.1 Å². The van der Waals surface area contributed by atoms with Gasteiger partial charge in [0, 0.05) is 30.3 Å². The largest absolute Gasteiger partial charge is 0.497 e. The number of benzene rings is 2. The van der Waals surface area contributed by atoms with Crippen LogP contribution in [0.1, 0.15) is 37.0 Å². The standard InChI is InChI=1S/C23H26N4O3S/c1-4-5-14-27-22(18-8-12-20(30-3)13-9-18)25-26-23(27)31-15-21(29)17-6-10-19(11-7-17)24-16(2)28/h6-13H,4-5,14-15H2,1-3H3,(H,24,28). The number of nitrogens with one attached hydrogen (secondary N) is 1. The molecule has 0 unspecified atom stereocenters. The van der Waals surface area contributed by atoms with E-state index in [4.69, 9.17) is 4.74 Å². The first kappa shape index (κ1) is 22.6. The lowest BCUT2D eigenvalue weighted by atomic mass is 10.1. The number of ether oxygens (including phenoxy) is 1. The summed E-state index contributed by atoms with van der Waals surface area (Å²) in [5, 5.41) is 12.2. The maximum atomic E-state index is 12.6. The van der Waals surface area contributed by atoms with Crippen LogP contribution in [0.4, 0.5) is 5.69 Å². The molecule has 31 heavy (non-hydrogen) atoms. The summed E-state index contributed by atoms with van der Waals surface area (Å²) in [6.45, 7) is 4.37. The summed E-state index contributed by atoms with van der Waals surface area (Å²) >= 11 is 1.38. The van der Waals surface area contributed by atoms with Crippen molar-refractivity contribution >= 4 is 29.1 Å². The first-order valence-corrected chi connectivity index (χ1v) is 11.1. The monoisotopic (exact) mass is 438 g/mol. The summed E-state index contributed by atoms with van der Waals surface area (Å²) in [4.78, 5) is 23.8. The van der Waals surface area contributed by atoms with Gasteiger partial charge in [0.1, 0.15) is 5.75 Å². The number of anilines is 1. The minimum absolute atomic E-state index is 0.00425. The van der Waals surface area contributed by atoms with E-state index >= 15 is 0 Å². The maximum Gasteiger partial charge on any atom is 0.221 e. The number of hydrogen-bond donors (Lipinski definition) is 1. The molecule has 8 heteroatoms. The minimum atomic E-state index is -0.145. The first-order valence-electron chi connectivity index (χ1n) is 10.1. The van der Waals surface area contributed by atoms with Gasteiger partial charge in [-0.2, -0.15) is 0 Å². The van der Waals surface area contributed by atoms with Gasteiger partial charge in [0.25, 0.3) is 0 Å². The average molecular weight is 439 g/mol. The van der Waals surface area contributed by atoms with E-state index in [0.29, 0.717) is 11.3 Å². The predicted octanol–water partition coefficient (Wildman–Crippen LogP) is 4.69. The molecule has 162 valence electrons. The van der Waals surface area contributed by atoms with Crippen LogP contribution < -0.4 is 10.1 Å². The van der Waals surface area contributed by atoms with Crippen molar-refractivity contribution in [2.24, 2.45) is 0 Å². The summed E-state index contributed by atoms with van der Waals surface area (Å²) in [6, 6.07) is 14.6. The van der Waals surface area contributed by atoms with Crippen LogP contribution >= 0.6 is 11.8 Å². The van der Waals surface area contributed by atoms with Crippen LogP contribution in [0.5, 0.6) is 5.75 Å². The zero-order chi connectivity index (χ0) is 22.2. The zero-order valence-corrected chi connectivity index (χ0v) is 18.7. The van der Waals surface area contributed by atoms with E-state index in [0.717, 1.165) is 41.7 Å². The number of carbonyl (C=O) groups is 2. The second kappa shape index (κ2) is 10.8. The Kier molecular flexibility index (Phi) is 7.83. The highest BCUT2D eigenvalue weighted by Crippen LogP contribution is 2.27. The Morgan fingerprint density at radius 1 is 1.06 bits per heavy atom. The third-order valence-corrected chi connectivity index (χ3v) is 5.63.